The fraction of sp³-hybridized carbons (Fsp3) is 0.571. The van der Waals surface area contributed by atoms with Gasteiger partial charge in [-0.05, 0) is 37.8 Å². The van der Waals surface area contributed by atoms with Crippen molar-refractivity contribution >= 4 is 0 Å². The van der Waals surface area contributed by atoms with Crippen LogP contribution in [0.4, 0.5) is 4.39 Å². The zero-order valence-corrected chi connectivity index (χ0v) is 10.1. The van der Waals surface area contributed by atoms with Gasteiger partial charge in [-0.15, -0.1) is 0 Å². The second-order valence-electron chi connectivity index (χ2n) is 5.11. The number of aryl methyl sites for hydroxylation is 2. The van der Waals surface area contributed by atoms with E-state index in [1.54, 1.807) is 0 Å². The van der Waals surface area contributed by atoms with Crippen molar-refractivity contribution in [3.63, 3.8) is 0 Å². The van der Waals surface area contributed by atoms with Crippen molar-refractivity contribution in [3.05, 3.63) is 34.6 Å². The Morgan fingerprint density at radius 2 is 1.62 bits per heavy atom. The summed E-state index contributed by atoms with van der Waals surface area (Å²) in [5, 5.41) is 0. The summed E-state index contributed by atoms with van der Waals surface area (Å²) in [7, 11) is 0. The van der Waals surface area contributed by atoms with Gasteiger partial charge in [-0.3, -0.25) is 0 Å². The van der Waals surface area contributed by atoms with Gasteiger partial charge in [0, 0.05) is 11.1 Å². The van der Waals surface area contributed by atoms with Crippen LogP contribution in [0.1, 0.15) is 48.8 Å². The number of hydrogen-bond acceptors (Lipinski definition) is 1. The van der Waals surface area contributed by atoms with Crippen LogP contribution in [0.3, 0.4) is 0 Å². The van der Waals surface area contributed by atoms with Gasteiger partial charge in [0.2, 0.25) is 0 Å². The van der Waals surface area contributed by atoms with E-state index < -0.39 is 5.54 Å². The molecule has 1 aliphatic rings. The average Bonchev–Trinajstić information content (AvgIpc) is 2.25. The van der Waals surface area contributed by atoms with Gasteiger partial charge in [0.15, 0.2) is 0 Å². The van der Waals surface area contributed by atoms with E-state index in [2.05, 4.69) is 0 Å². The Balaban J connectivity index is 2.49. The van der Waals surface area contributed by atoms with Crippen LogP contribution >= 0.6 is 0 Å². The first-order valence-electron chi connectivity index (χ1n) is 6.10. The third-order valence-electron chi connectivity index (χ3n) is 3.79. The molecule has 1 aromatic rings. The van der Waals surface area contributed by atoms with Crippen molar-refractivity contribution in [2.45, 2.75) is 51.5 Å². The Morgan fingerprint density at radius 3 is 2.25 bits per heavy atom. The zero-order valence-electron chi connectivity index (χ0n) is 10.1. The maximum absolute atomic E-state index is 14.2. The standard InChI is InChI=1S/C14H20FN/c1-10-6-7-11(2)13(15)12(10)14(16)8-4-3-5-9-14/h6-7H,3-5,8-9,16H2,1-2H3. The molecule has 2 N–H and O–H groups in total. The highest BCUT2D eigenvalue weighted by molar-refractivity contribution is 5.38. The van der Waals surface area contributed by atoms with Gasteiger partial charge in [-0.25, -0.2) is 4.39 Å². The highest BCUT2D eigenvalue weighted by Gasteiger charge is 2.33. The van der Waals surface area contributed by atoms with E-state index in [1.165, 1.54) is 6.42 Å². The van der Waals surface area contributed by atoms with Crippen LogP contribution < -0.4 is 5.73 Å². The van der Waals surface area contributed by atoms with Gasteiger partial charge < -0.3 is 5.73 Å². The molecule has 1 saturated carbocycles. The number of rotatable bonds is 1. The lowest BCUT2D eigenvalue weighted by Gasteiger charge is -2.35. The zero-order chi connectivity index (χ0) is 11.8. The molecule has 0 atom stereocenters. The molecule has 88 valence electrons. The first-order valence-corrected chi connectivity index (χ1v) is 6.10. The molecule has 0 spiro atoms. The van der Waals surface area contributed by atoms with E-state index in [1.807, 2.05) is 26.0 Å². The number of hydrogen-bond donors (Lipinski definition) is 1. The Bertz CT molecular complexity index is 392. The largest absolute Gasteiger partial charge is 0.321 e. The monoisotopic (exact) mass is 221 g/mol. The van der Waals surface area contributed by atoms with E-state index in [9.17, 15) is 4.39 Å². The van der Waals surface area contributed by atoms with Crippen LogP contribution in [0, 0.1) is 19.7 Å². The molecular weight excluding hydrogens is 201 g/mol. The van der Waals surface area contributed by atoms with Gasteiger partial charge in [-0.2, -0.15) is 0 Å². The Kier molecular flexibility index (Phi) is 3.02. The number of benzene rings is 1. The van der Waals surface area contributed by atoms with Crippen LogP contribution in [0.5, 0.6) is 0 Å². The molecule has 0 aliphatic heterocycles. The quantitative estimate of drug-likeness (QED) is 0.771. The molecule has 1 aliphatic carbocycles. The van der Waals surface area contributed by atoms with Crippen molar-refractivity contribution in [2.75, 3.05) is 0 Å². The smallest absolute Gasteiger partial charge is 0.131 e. The fourth-order valence-electron chi connectivity index (χ4n) is 2.82. The number of halogens is 1. The Morgan fingerprint density at radius 1 is 1.06 bits per heavy atom. The highest BCUT2D eigenvalue weighted by atomic mass is 19.1. The second kappa shape index (κ2) is 4.17. The third kappa shape index (κ3) is 1.86. The van der Waals surface area contributed by atoms with E-state index in [0.717, 1.165) is 36.8 Å². The summed E-state index contributed by atoms with van der Waals surface area (Å²) in [5.41, 5.74) is 8.43. The van der Waals surface area contributed by atoms with E-state index >= 15 is 0 Å². The van der Waals surface area contributed by atoms with Crippen molar-refractivity contribution in [3.8, 4) is 0 Å². The van der Waals surface area contributed by atoms with Gasteiger partial charge >= 0.3 is 0 Å². The Hall–Kier alpha value is -0.890. The summed E-state index contributed by atoms with van der Waals surface area (Å²) in [4.78, 5) is 0. The summed E-state index contributed by atoms with van der Waals surface area (Å²) in [6.45, 7) is 3.77. The maximum Gasteiger partial charge on any atom is 0.131 e. The second-order valence-corrected chi connectivity index (χ2v) is 5.11. The van der Waals surface area contributed by atoms with E-state index in [4.69, 9.17) is 5.73 Å². The first-order chi connectivity index (χ1) is 7.54. The van der Waals surface area contributed by atoms with Crippen molar-refractivity contribution < 1.29 is 4.39 Å². The lowest BCUT2D eigenvalue weighted by atomic mass is 9.75. The van der Waals surface area contributed by atoms with Gasteiger partial charge in [-0.1, -0.05) is 31.4 Å². The molecular formula is C14H20FN. The molecule has 1 nitrogen and oxygen atoms in total. The molecule has 0 amide bonds. The fourth-order valence-corrected chi connectivity index (χ4v) is 2.82. The normalized spacial score (nSPS) is 19.8. The molecule has 1 fully saturated rings. The van der Waals surface area contributed by atoms with Crippen molar-refractivity contribution in [1.29, 1.82) is 0 Å². The molecule has 0 unspecified atom stereocenters. The summed E-state index contributed by atoms with van der Waals surface area (Å²) >= 11 is 0. The summed E-state index contributed by atoms with van der Waals surface area (Å²) in [6, 6.07) is 3.82. The van der Waals surface area contributed by atoms with Crippen LogP contribution in [0.25, 0.3) is 0 Å². The first kappa shape index (κ1) is 11.6. The van der Waals surface area contributed by atoms with Crippen LogP contribution in [-0.4, -0.2) is 0 Å². The molecule has 0 heterocycles. The molecule has 1 aromatic carbocycles. The van der Waals surface area contributed by atoms with Crippen LogP contribution in [0.2, 0.25) is 0 Å². The summed E-state index contributed by atoms with van der Waals surface area (Å²) in [5.74, 6) is -0.0931. The molecule has 0 saturated heterocycles. The lowest BCUT2D eigenvalue weighted by molar-refractivity contribution is 0.291. The molecule has 0 bridgehead atoms. The minimum absolute atomic E-state index is 0.0931. The Labute approximate surface area is 96.9 Å². The molecule has 2 rings (SSSR count). The summed E-state index contributed by atoms with van der Waals surface area (Å²) in [6.07, 6.45) is 5.28. The SMILES string of the molecule is Cc1ccc(C)c(C2(N)CCCCC2)c1F. The topological polar surface area (TPSA) is 26.0 Å². The van der Waals surface area contributed by atoms with Crippen LogP contribution in [0.15, 0.2) is 12.1 Å². The van der Waals surface area contributed by atoms with Gasteiger partial charge in [0.25, 0.3) is 0 Å². The van der Waals surface area contributed by atoms with Crippen molar-refractivity contribution in [2.24, 2.45) is 5.73 Å². The maximum atomic E-state index is 14.2. The van der Waals surface area contributed by atoms with Gasteiger partial charge in [0.1, 0.15) is 5.82 Å². The molecule has 0 radical (unpaired) electrons. The minimum atomic E-state index is -0.432. The highest BCUT2D eigenvalue weighted by Crippen LogP contribution is 2.38. The predicted molar refractivity (Wildman–Crippen MR) is 64.8 cm³/mol. The van der Waals surface area contributed by atoms with E-state index in [-0.39, 0.29) is 5.82 Å². The minimum Gasteiger partial charge on any atom is -0.321 e. The van der Waals surface area contributed by atoms with Crippen LogP contribution in [-0.2, 0) is 5.54 Å². The van der Waals surface area contributed by atoms with Gasteiger partial charge in [0.05, 0.1) is 0 Å². The third-order valence-corrected chi connectivity index (χ3v) is 3.79. The lowest BCUT2D eigenvalue weighted by Crippen LogP contribution is -2.40. The van der Waals surface area contributed by atoms with Crippen molar-refractivity contribution in [1.82, 2.24) is 0 Å². The molecule has 2 heteroatoms. The number of nitrogens with two attached hydrogens (primary N) is 1. The molecule has 16 heavy (non-hydrogen) atoms. The van der Waals surface area contributed by atoms with E-state index in [0.29, 0.717) is 5.56 Å². The molecule has 0 aromatic heterocycles. The average molecular weight is 221 g/mol. The predicted octanol–water partition coefficient (Wildman–Crippen LogP) is 3.56. The summed E-state index contributed by atoms with van der Waals surface area (Å²) < 4.78 is 14.2.